The summed E-state index contributed by atoms with van der Waals surface area (Å²) < 4.78 is 12.9. The number of aromatic nitrogens is 5. The third-order valence-electron chi connectivity index (χ3n) is 6.14. The minimum atomic E-state index is -0.340. The van der Waals surface area contributed by atoms with E-state index in [1.165, 1.54) is 0 Å². The number of hydrogen-bond donors (Lipinski definition) is 2. The van der Waals surface area contributed by atoms with Crippen LogP contribution in [0.25, 0.3) is 22.0 Å². The molecule has 184 valence electrons. The van der Waals surface area contributed by atoms with Crippen molar-refractivity contribution in [2.24, 2.45) is 7.05 Å². The number of ether oxygens (including phenoxy) is 2. The van der Waals surface area contributed by atoms with Crippen LogP contribution < -0.4 is 10.1 Å². The van der Waals surface area contributed by atoms with E-state index in [0.717, 1.165) is 44.7 Å². The highest BCUT2D eigenvalue weighted by Crippen LogP contribution is 2.31. The molecular formula is C26H32N6O3. The minimum Gasteiger partial charge on any atom is -0.496 e. The monoisotopic (exact) mass is 476 g/mol. The van der Waals surface area contributed by atoms with E-state index in [4.69, 9.17) is 14.5 Å². The van der Waals surface area contributed by atoms with Crippen LogP contribution in [-0.2, 0) is 24.8 Å². The van der Waals surface area contributed by atoms with Gasteiger partial charge in [0.1, 0.15) is 17.1 Å². The van der Waals surface area contributed by atoms with E-state index < -0.39 is 0 Å². The van der Waals surface area contributed by atoms with Crippen molar-refractivity contribution in [1.29, 1.82) is 0 Å². The molecular weight excluding hydrogens is 444 g/mol. The van der Waals surface area contributed by atoms with E-state index in [2.05, 4.69) is 20.4 Å². The highest BCUT2D eigenvalue weighted by atomic mass is 16.5. The van der Waals surface area contributed by atoms with E-state index >= 15 is 0 Å². The fraction of sp³-hybridized carbons (Fsp3) is 0.385. The average Bonchev–Trinajstić information content (AvgIpc) is 3.23. The van der Waals surface area contributed by atoms with Gasteiger partial charge in [0.25, 0.3) is 0 Å². The maximum absolute atomic E-state index is 9.72. The van der Waals surface area contributed by atoms with E-state index in [9.17, 15) is 5.11 Å². The number of nitrogens with zero attached hydrogens (tertiary/aromatic N) is 5. The molecule has 0 saturated carbocycles. The highest BCUT2D eigenvalue weighted by molar-refractivity contribution is 5.88. The number of nitrogens with one attached hydrogen (secondary N) is 1. The Balaban J connectivity index is 1.66. The lowest BCUT2D eigenvalue weighted by molar-refractivity contribution is 0.0343. The number of pyridine rings is 1. The Morgan fingerprint density at radius 2 is 1.91 bits per heavy atom. The summed E-state index contributed by atoms with van der Waals surface area (Å²) in [5.74, 6) is 2.10. The van der Waals surface area contributed by atoms with Crippen LogP contribution >= 0.6 is 0 Å². The number of aliphatic hydroxyl groups excluding tert-OH is 1. The third kappa shape index (κ3) is 5.26. The van der Waals surface area contributed by atoms with Crippen LogP contribution in [0.4, 0.5) is 5.82 Å². The molecule has 9 heteroatoms. The molecule has 0 bridgehead atoms. The molecule has 0 unspecified atom stereocenters. The summed E-state index contributed by atoms with van der Waals surface area (Å²) in [6.45, 7) is 6.49. The average molecular weight is 477 g/mol. The molecule has 1 aromatic carbocycles. The maximum atomic E-state index is 9.72. The summed E-state index contributed by atoms with van der Waals surface area (Å²) in [7, 11) is 5.15. The number of hydrogen-bond acceptors (Lipinski definition) is 8. The van der Waals surface area contributed by atoms with Gasteiger partial charge in [-0.25, -0.2) is 15.0 Å². The van der Waals surface area contributed by atoms with Gasteiger partial charge in [-0.15, -0.1) is 0 Å². The normalized spacial score (nSPS) is 11.7. The van der Waals surface area contributed by atoms with Gasteiger partial charge in [-0.1, -0.05) is 12.1 Å². The highest BCUT2D eigenvalue weighted by Gasteiger charge is 2.18. The molecule has 3 heterocycles. The molecule has 0 saturated heterocycles. The molecule has 3 aromatic heterocycles. The molecule has 35 heavy (non-hydrogen) atoms. The van der Waals surface area contributed by atoms with Gasteiger partial charge in [0.15, 0.2) is 5.82 Å². The molecule has 9 nitrogen and oxygen atoms in total. The zero-order valence-corrected chi connectivity index (χ0v) is 21.1. The Hall–Kier alpha value is -3.56. The van der Waals surface area contributed by atoms with E-state index in [-0.39, 0.29) is 12.2 Å². The van der Waals surface area contributed by atoms with Crippen molar-refractivity contribution in [3.8, 4) is 16.9 Å². The lowest BCUT2D eigenvalue weighted by atomic mass is 10.0. The first-order chi connectivity index (χ1) is 16.7. The first-order valence-corrected chi connectivity index (χ1v) is 11.5. The van der Waals surface area contributed by atoms with Gasteiger partial charge < -0.3 is 19.9 Å². The summed E-state index contributed by atoms with van der Waals surface area (Å²) in [6, 6.07) is 7.94. The molecule has 4 rings (SSSR count). The second kappa shape index (κ2) is 9.97. The Labute approximate surface area is 205 Å². The van der Waals surface area contributed by atoms with Crippen molar-refractivity contribution in [1.82, 2.24) is 24.7 Å². The zero-order valence-electron chi connectivity index (χ0n) is 21.1. The van der Waals surface area contributed by atoms with E-state index in [1.54, 1.807) is 25.1 Å². The molecule has 4 aromatic rings. The molecule has 0 spiro atoms. The molecule has 2 N–H and O–H groups in total. The summed E-state index contributed by atoms with van der Waals surface area (Å²) in [5, 5.41) is 18.3. The number of fused-ring (bicyclic) bond motifs is 1. The molecule has 0 radical (unpaired) electrons. The molecule has 0 atom stereocenters. The summed E-state index contributed by atoms with van der Waals surface area (Å²) in [6.07, 6.45) is 4.08. The number of aryl methyl sites for hydroxylation is 2. The Morgan fingerprint density at radius 3 is 2.63 bits per heavy atom. The fourth-order valence-electron chi connectivity index (χ4n) is 3.91. The largest absolute Gasteiger partial charge is 0.496 e. The van der Waals surface area contributed by atoms with Crippen molar-refractivity contribution in [3.05, 3.63) is 59.4 Å². The van der Waals surface area contributed by atoms with Gasteiger partial charge in [0, 0.05) is 55.5 Å². The Kier molecular flexibility index (Phi) is 7.00. The van der Waals surface area contributed by atoms with Crippen LogP contribution in [0.15, 0.2) is 36.7 Å². The van der Waals surface area contributed by atoms with Crippen molar-refractivity contribution in [2.45, 2.75) is 39.4 Å². The van der Waals surface area contributed by atoms with E-state index in [1.807, 2.05) is 58.3 Å². The topological polar surface area (TPSA) is 107 Å². The second-order valence-electron chi connectivity index (χ2n) is 9.14. The van der Waals surface area contributed by atoms with Crippen LogP contribution in [0.1, 0.15) is 36.6 Å². The summed E-state index contributed by atoms with van der Waals surface area (Å²) in [5.41, 5.74) is 4.82. The van der Waals surface area contributed by atoms with Gasteiger partial charge >= 0.3 is 0 Å². The van der Waals surface area contributed by atoms with Crippen molar-refractivity contribution >= 4 is 16.7 Å². The molecule has 0 aliphatic heterocycles. The lowest BCUT2D eigenvalue weighted by Gasteiger charge is -2.23. The Bertz CT molecular complexity index is 1350. The smallest absolute Gasteiger partial charge is 0.153 e. The predicted molar refractivity (Wildman–Crippen MR) is 136 cm³/mol. The molecule has 0 fully saturated rings. The number of benzene rings is 1. The fourth-order valence-corrected chi connectivity index (χ4v) is 3.91. The predicted octanol–water partition coefficient (Wildman–Crippen LogP) is 3.66. The van der Waals surface area contributed by atoms with Crippen molar-refractivity contribution in [2.75, 3.05) is 26.1 Å². The summed E-state index contributed by atoms with van der Waals surface area (Å²) in [4.78, 5) is 14.1. The lowest BCUT2D eigenvalue weighted by Crippen LogP contribution is -2.32. The first-order valence-electron chi connectivity index (χ1n) is 11.5. The second-order valence-corrected chi connectivity index (χ2v) is 9.14. The number of methoxy groups -OCH3 is 2. The van der Waals surface area contributed by atoms with Crippen molar-refractivity contribution < 1.29 is 14.6 Å². The zero-order chi connectivity index (χ0) is 25.2. The van der Waals surface area contributed by atoms with Crippen LogP contribution in [-0.4, -0.2) is 56.2 Å². The van der Waals surface area contributed by atoms with Crippen LogP contribution in [0, 0.1) is 6.92 Å². The van der Waals surface area contributed by atoms with E-state index in [0.29, 0.717) is 24.6 Å². The number of aliphatic hydroxyl groups is 1. The van der Waals surface area contributed by atoms with Crippen LogP contribution in [0.2, 0.25) is 0 Å². The Morgan fingerprint density at radius 1 is 1.11 bits per heavy atom. The molecule has 0 amide bonds. The quantitative estimate of drug-likeness (QED) is 0.377. The first kappa shape index (κ1) is 24.6. The minimum absolute atomic E-state index is 0.0910. The van der Waals surface area contributed by atoms with Gasteiger partial charge in [0.2, 0.25) is 0 Å². The number of rotatable bonds is 9. The number of anilines is 1. The summed E-state index contributed by atoms with van der Waals surface area (Å²) >= 11 is 0. The van der Waals surface area contributed by atoms with Crippen LogP contribution in [0.3, 0.4) is 0 Å². The maximum Gasteiger partial charge on any atom is 0.153 e. The van der Waals surface area contributed by atoms with Gasteiger partial charge in [-0.05, 0) is 38.5 Å². The van der Waals surface area contributed by atoms with Crippen molar-refractivity contribution in [3.63, 3.8) is 0 Å². The standard InChI is InChI=1S/C26H32N6O3/c1-16-9-19-12-27-23(31-24(19)25(30-16)28-15-26(2,3)35-6)11-18-8-7-17(10-22(18)34-5)20-13-29-32(4)21(20)14-33/h7-10,12-13,33H,11,14-15H2,1-6H3,(H,28,30). The van der Waals surface area contributed by atoms with Gasteiger partial charge in [0.05, 0.1) is 31.2 Å². The van der Waals surface area contributed by atoms with Gasteiger partial charge in [-0.3, -0.25) is 4.68 Å². The molecule has 0 aliphatic carbocycles. The third-order valence-corrected chi connectivity index (χ3v) is 6.14. The van der Waals surface area contributed by atoms with Crippen LogP contribution in [0.5, 0.6) is 5.75 Å². The van der Waals surface area contributed by atoms with Gasteiger partial charge in [-0.2, -0.15) is 5.10 Å². The SMILES string of the molecule is COc1cc(-c2cnn(C)c2CO)ccc1Cc1ncc2cc(C)nc(NCC(C)(C)OC)c2n1. The molecule has 0 aliphatic rings.